The van der Waals surface area contributed by atoms with Gasteiger partial charge in [-0.25, -0.2) is 0 Å². The molecule has 82 valence electrons. The van der Waals surface area contributed by atoms with Crippen molar-refractivity contribution in [2.75, 3.05) is 0 Å². The van der Waals surface area contributed by atoms with E-state index < -0.39 is 0 Å². The van der Waals surface area contributed by atoms with Gasteiger partial charge in [0, 0.05) is 6.04 Å². The lowest BCUT2D eigenvalue weighted by atomic mass is 10.1. The normalized spacial score (nSPS) is 14.5. The Bertz CT molecular complexity index is 206. The summed E-state index contributed by atoms with van der Waals surface area (Å²) >= 11 is 4.75. The minimum absolute atomic E-state index is 0.0684. The van der Waals surface area contributed by atoms with Crippen LogP contribution in [0.5, 0.6) is 0 Å². The smallest absolute Gasteiger partial charge is 0.229 e. The van der Waals surface area contributed by atoms with Crippen LogP contribution in [0.3, 0.4) is 0 Å². The summed E-state index contributed by atoms with van der Waals surface area (Å²) in [5.41, 5.74) is 5.38. The highest BCUT2D eigenvalue weighted by molar-refractivity contribution is 7.80. The molecule has 0 fully saturated rings. The van der Waals surface area contributed by atoms with E-state index in [9.17, 15) is 4.79 Å². The zero-order valence-corrected chi connectivity index (χ0v) is 9.99. The van der Waals surface area contributed by atoms with Crippen LogP contribution in [-0.4, -0.2) is 16.9 Å². The molecule has 0 rings (SSSR count). The predicted molar refractivity (Wildman–Crippen MR) is 63.1 cm³/mol. The first-order chi connectivity index (χ1) is 6.49. The number of hydrogen-bond donors (Lipinski definition) is 2. The summed E-state index contributed by atoms with van der Waals surface area (Å²) in [6, 6.07) is 0.208. The van der Waals surface area contributed by atoms with Gasteiger partial charge in [0.1, 0.15) is 0 Å². The molecule has 0 spiro atoms. The summed E-state index contributed by atoms with van der Waals surface area (Å²) < 4.78 is 0. The van der Waals surface area contributed by atoms with Gasteiger partial charge in [-0.05, 0) is 20.3 Å². The summed E-state index contributed by atoms with van der Waals surface area (Å²) in [4.78, 5) is 11.7. The molecule has 2 atom stereocenters. The third-order valence-corrected chi connectivity index (χ3v) is 2.55. The van der Waals surface area contributed by atoms with Crippen LogP contribution >= 0.6 is 12.2 Å². The molecule has 0 saturated heterocycles. The van der Waals surface area contributed by atoms with Crippen molar-refractivity contribution in [3.63, 3.8) is 0 Å². The molecule has 0 aliphatic heterocycles. The molecule has 14 heavy (non-hydrogen) atoms. The lowest BCUT2D eigenvalue weighted by molar-refractivity contribution is -0.123. The first kappa shape index (κ1) is 13.4. The number of thiocarbonyl (C=S) groups is 1. The Morgan fingerprint density at radius 2 is 2.07 bits per heavy atom. The van der Waals surface area contributed by atoms with Crippen molar-refractivity contribution in [2.24, 2.45) is 11.7 Å². The van der Waals surface area contributed by atoms with Gasteiger partial charge in [-0.3, -0.25) is 4.79 Å². The predicted octanol–water partition coefficient (Wildman–Crippen LogP) is 1.60. The molecule has 2 unspecified atom stereocenters. The molecule has 0 aliphatic carbocycles. The van der Waals surface area contributed by atoms with Gasteiger partial charge in [-0.15, -0.1) is 0 Å². The Labute approximate surface area is 91.4 Å². The van der Waals surface area contributed by atoms with Crippen molar-refractivity contribution in [3.05, 3.63) is 0 Å². The van der Waals surface area contributed by atoms with Gasteiger partial charge in [-0.2, -0.15) is 0 Å². The Kier molecular flexibility index (Phi) is 6.45. The first-order valence-electron chi connectivity index (χ1n) is 5.08. The number of carbonyl (C=O) groups excluding carboxylic acids is 1. The number of unbranched alkanes of at least 4 members (excludes halogenated alkanes) is 1. The van der Waals surface area contributed by atoms with E-state index >= 15 is 0 Å². The second-order valence-electron chi connectivity index (χ2n) is 3.68. The Balaban J connectivity index is 3.87. The van der Waals surface area contributed by atoms with Crippen molar-refractivity contribution in [1.29, 1.82) is 0 Å². The molecule has 3 N–H and O–H groups in total. The second kappa shape index (κ2) is 6.76. The van der Waals surface area contributed by atoms with Gasteiger partial charge in [-0.1, -0.05) is 32.0 Å². The SMILES string of the molecule is CCCCC(C)NC(=O)C(C)C(N)=S. The molecule has 0 aromatic heterocycles. The molecule has 0 bridgehead atoms. The van der Waals surface area contributed by atoms with Gasteiger partial charge in [0.25, 0.3) is 0 Å². The fraction of sp³-hybridized carbons (Fsp3) is 0.800. The molecule has 0 aliphatic rings. The molecule has 1 amide bonds. The minimum Gasteiger partial charge on any atom is -0.393 e. The summed E-state index contributed by atoms with van der Waals surface area (Å²) in [5.74, 6) is -0.435. The average molecular weight is 216 g/mol. The number of nitrogens with one attached hydrogen (secondary N) is 1. The average Bonchev–Trinajstić information content (AvgIpc) is 2.13. The van der Waals surface area contributed by atoms with E-state index in [2.05, 4.69) is 12.2 Å². The molecule has 4 heteroatoms. The van der Waals surface area contributed by atoms with Crippen LogP contribution < -0.4 is 11.1 Å². The van der Waals surface area contributed by atoms with E-state index in [1.807, 2.05) is 6.92 Å². The van der Waals surface area contributed by atoms with Crippen LogP contribution in [0.1, 0.15) is 40.0 Å². The molecule has 0 heterocycles. The maximum atomic E-state index is 11.5. The highest BCUT2D eigenvalue weighted by atomic mass is 32.1. The third kappa shape index (κ3) is 5.17. The number of rotatable bonds is 6. The highest BCUT2D eigenvalue weighted by Crippen LogP contribution is 2.02. The Morgan fingerprint density at radius 3 is 2.50 bits per heavy atom. The van der Waals surface area contributed by atoms with Crippen molar-refractivity contribution in [2.45, 2.75) is 46.1 Å². The molecular weight excluding hydrogens is 196 g/mol. The quantitative estimate of drug-likeness (QED) is 0.663. The number of hydrogen-bond acceptors (Lipinski definition) is 2. The minimum atomic E-state index is -0.367. The molecule has 0 aromatic carbocycles. The van der Waals surface area contributed by atoms with E-state index in [0.29, 0.717) is 0 Å². The van der Waals surface area contributed by atoms with Crippen molar-refractivity contribution in [1.82, 2.24) is 5.32 Å². The third-order valence-electron chi connectivity index (χ3n) is 2.20. The van der Waals surface area contributed by atoms with Gasteiger partial charge in [0.05, 0.1) is 10.9 Å². The molecule has 0 aromatic rings. The zero-order valence-electron chi connectivity index (χ0n) is 9.17. The van der Waals surface area contributed by atoms with Gasteiger partial charge in [0.2, 0.25) is 5.91 Å². The van der Waals surface area contributed by atoms with E-state index in [0.717, 1.165) is 19.3 Å². The summed E-state index contributed by atoms with van der Waals surface area (Å²) in [6.07, 6.45) is 3.28. The van der Waals surface area contributed by atoms with Crippen molar-refractivity contribution < 1.29 is 4.79 Å². The first-order valence-corrected chi connectivity index (χ1v) is 5.49. The Hall–Kier alpha value is -0.640. The van der Waals surface area contributed by atoms with Gasteiger partial charge >= 0.3 is 0 Å². The molecule has 0 radical (unpaired) electrons. The summed E-state index contributed by atoms with van der Waals surface area (Å²) in [6.45, 7) is 5.86. The largest absolute Gasteiger partial charge is 0.393 e. The lowest BCUT2D eigenvalue weighted by Gasteiger charge is -2.16. The topological polar surface area (TPSA) is 55.1 Å². The second-order valence-corrected chi connectivity index (χ2v) is 4.15. The number of nitrogens with two attached hydrogens (primary N) is 1. The molecular formula is C10H20N2OS. The van der Waals surface area contributed by atoms with E-state index in [-0.39, 0.29) is 22.9 Å². The van der Waals surface area contributed by atoms with Crippen LogP contribution in [0.4, 0.5) is 0 Å². The summed E-state index contributed by atoms with van der Waals surface area (Å²) in [7, 11) is 0. The molecule has 3 nitrogen and oxygen atoms in total. The van der Waals surface area contributed by atoms with Crippen LogP contribution in [0.25, 0.3) is 0 Å². The van der Waals surface area contributed by atoms with Crippen molar-refractivity contribution >= 4 is 23.1 Å². The monoisotopic (exact) mass is 216 g/mol. The lowest BCUT2D eigenvalue weighted by Crippen LogP contribution is -2.40. The fourth-order valence-corrected chi connectivity index (χ4v) is 1.19. The number of amides is 1. The van der Waals surface area contributed by atoms with E-state index in [4.69, 9.17) is 18.0 Å². The maximum Gasteiger partial charge on any atom is 0.229 e. The fourth-order valence-electron chi connectivity index (χ4n) is 1.08. The Morgan fingerprint density at radius 1 is 1.50 bits per heavy atom. The standard InChI is InChI=1S/C10H20N2OS/c1-4-5-6-7(2)12-10(13)8(3)9(11)14/h7-8H,4-6H2,1-3H3,(H2,11,14)(H,12,13). The van der Waals surface area contributed by atoms with Crippen LogP contribution in [0.2, 0.25) is 0 Å². The summed E-state index contributed by atoms with van der Waals surface area (Å²) in [5, 5.41) is 2.89. The van der Waals surface area contributed by atoms with Crippen LogP contribution in [0, 0.1) is 5.92 Å². The molecule has 0 saturated carbocycles. The maximum absolute atomic E-state index is 11.5. The van der Waals surface area contributed by atoms with Crippen LogP contribution in [0.15, 0.2) is 0 Å². The van der Waals surface area contributed by atoms with Gasteiger partial charge < -0.3 is 11.1 Å². The van der Waals surface area contributed by atoms with E-state index in [1.54, 1.807) is 6.92 Å². The van der Waals surface area contributed by atoms with Gasteiger partial charge in [0.15, 0.2) is 0 Å². The van der Waals surface area contributed by atoms with E-state index in [1.165, 1.54) is 0 Å². The number of carbonyl (C=O) groups is 1. The van der Waals surface area contributed by atoms with Crippen molar-refractivity contribution in [3.8, 4) is 0 Å². The van der Waals surface area contributed by atoms with Crippen LogP contribution in [-0.2, 0) is 4.79 Å². The highest BCUT2D eigenvalue weighted by Gasteiger charge is 2.16. The zero-order chi connectivity index (χ0) is 11.1.